The Bertz CT molecular complexity index is 246. The lowest BCUT2D eigenvalue weighted by Gasteiger charge is -1.90. The predicted molar refractivity (Wildman–Crippen MR) is 70.2 cm³/mol. The average molecular weight is 250 g/mol. The molecule has 2 rings (SSSR count). The molecule has 0 bridgehead atoms. The van der Waals surface area contributed by atoms with Crippen LogP contribution in [-0.4, -0.2) is 19.4 Å². The highest BCUT2D eigenvalue weighted by molar-refractivity contribution is 5.85. The molecule has 1 aromatic rings. The maximum Gasteiger partial charge on any atom is 0.0825 e. The van der Waals surface area contributed by atoms with Crippen LogP contribution in [0.15, 0.2) is 35.3 Å². The van der Waals surface area contributed by atoms with Crippen LogP contribution in [0.1, 0.15) is 5.56 Å². The van der Waals surface area contributed by atoms with Crippen molar-refractivity contribution in [3.05, 3.63) is 35.9 Å². The SMILES string of the molecule is C1=NCCN1.Cl.Cl.NCc1ccccc1. The smallest absolute Gasteiger partial charge is 0.0825 e. The van der Waals surface area contributed by atoms with Crippen molar-refractivity contribution in [3.63, 3.8) is 0 Å². The van der Waals surface area contributed by atoms with Crippen LogP contribution in [0.2, 0.25) is 0 Å². The molecule has 5 heteroatoms. The van der Waals surface area contributed by atoms with Crippen LogP contribution in [-0.2, 0) is 6.54 Å². The molecule has 0 unspecified atom stereocenters. The summed E-state index contributed by atoms with van der Waals surface area (Å²) in [5, 5.41) is 2.93. The van der Waals surface area contributed by atoms with E-state index in [1.165, 1.54) is 5.56 Å². The summed E-state index contributed by atoms with van der Waals surface area (Å²) in [6, 6.07) is 9.99. The van der Waals surface area contributed by atoms with Crippen molar-refractivity contribution in [2.45, 2.75) is 6.54 Å². The maximum atomic E-state index is 5.35. The highest BCUT2D eigenvalue weighted by Crippen LogP contribution is 1.94. The van der Waals surface area contributed by atoms with Crippen molar-refractivity contribution < 1.29 is 0 Å². The molecule has 0 saturated carbocycles. The van der Waals surface area contributed by atoms with E-state index in [9.17, 15) is 0 Å². The summed E-state index contributed by atoms with van der Waals surface area (Å²) in [6.07, 6.45) is 1.74. The Hall–Kier alpha value is -0.770. The van der Waals surface area contributed by atoms with Crippen molar-refractivity contribution in [1.29, 1.82) is 0 Å². The molecule has 1 aromatic carbocycles. The molecule has 1 heterocycles. The van der Waals surface area contributed by atoms with Crippen LogP contribution >= 0.6 is 24.8 Å². The van der Waals surface area contributed by atoms with Gasteiger partial charge in [0, 0.05) is 13.1 Å². The zero-order valence-electron chi connectivity index (χ0n) is 8.43. The molecule has 3 nitrogen and oxygen atoms in total. The van der Waals surface area contributed by atoms with Gasteiger partial charge in [0.15, 0.2) is 0 Å². The summed E-state index contributed by atoms with van der Waals surface area (Å²) in [7, 11) is 0. The van der Waals surface area contributed by atoms with E-state index in [1.807, 2.05) is 30.3 Å². The minimum absolute atomic E-state index is 0. The second-order valence-electron chi connectivity index (χ2n) is 2.68. The van der Waals surface area contributed by atoms with Gasteiger partial charge in [0.25, 0.3) is 0 Å². The Morgan fingerprint density at radius 1 is 1.20 bits per heavy atom. The fraction of sp³-hybridized carbons (Fsp3) is 0.300. The van der Waals surface area contributed by atoms with E-state index in [0.717, 1.165) is 13.1 Å². The van der Waals surface area contributed by atoms with E-state index in [2.05, 4.69) is 10.3 Å². The second kappa shape index (κ2) is 11.3. The van der Waals surface area contributed by atoms with Gasteiger partial charge in [-0.15, -0.1) is 24.8 Å². The van der Waals surface area contributed by atoms with Gasteiger partial charge in [0.05, 0.1) is 12.9 Å². The molecule has 3 N–H and O–H groups in total. The van der Waals surface area contributed by atoms with Gasteiger partial charge in [-0.05, 0) is 5.56 Å². The summed E-state index contributed by atoms with van der Waals surface area (Å²) in [6.45, 7) is 2.63. The highest BCUT2D eigenvalue weighted by Gasteiger charge is 1.82. The van der Waals surface area contributed by atoms with Crippen LogP contribution in [0.4, 0.5) is 0 Å². The van der Waals surface area contributed by atoms with Crippen molar-refractivity contribution >= 4 is 31.2 Å². The van der Waals surface area contributed by atoms with Gasteiger partial charge in [-0.3, -0.25) is 4.99 Å². The first-order chi connectivity index (χ1) is 6.43. The summed E-state index contributed by atoms with van der Waals surface area (Å²) in [5.74, 6) is 0. The van der Waals surface area contributed by atoms with Crippen LogP contribution in [0, 0.1) is 0 Å². The van der Waals surface area contributed by atoms with Gasteiger partial charge in [-0.2, -0.15) is 0 Å². The zero-order valence-corrected chi connectivity index (χ0v) is 10.1. The summed E-state index contributed by atoms with van der Waals surface area (Å²) in [4.78, 5) is 3.85. The van der Waals surface area contributed by atoms with Gasteiger partial charge in [-0.25, -0.2) is 0 Å². The molecule has 1 aliphatic rings. The normalized spacial score (nSPS) is 11.3. The molecular formula is C10H17Cl2N3. The fourth-order valence-corrected chi connectivity index (χ4v) is 0.937. The first kappa shape index (κ1) is 16.7. The third-order valence-corrected chi connectivity index (χ3v) is 1.65. The van der Waals surface area contributed by atoms with Crippen LogP contribution in [0.3, 0.4) is 0 Å². The Morgan fingerprint density at radius 2 is 1.87 bits per heavy atom. The Labute approximate surface area is 103 Å². The lowest BCUT2D eigenvalue weighted by Crippen LogP contribution is -2.04. The minimum atomic E-state index is 0. The Kier molecular flexibility index (Phi) is 12.6. The number of benzene rings is 1. The number of halogens is 2. The average Bonchev–Trinajstić information content (AvgIpc) is 2.77. The van der Waals surface area contributed by atoms with Gasteiger partial charge in [0.1, 0.15) is 0 Å². The number of nitrogens with two attached hydrogens (primary N) is 1. The summed E-state index contributed by atoms with van der Waals surface area (Å²) < 4.78 is 0. The third-order valence-electron chi connectivity index (χ3n) is 1.65. The molecule has 0 aliphatic carbocycles. The molecule has 0 radical (unpaired) electrons. The van der Waals surface area contributed by atoms with Crippen molar-refractivity contribution in [1.82, 2.24) is 5.32 Å². The zero-order chi connectivity index (χ0) is 9.36. The molecule has 15 heavy (non-hydrogen) atoms. The largest absolute Gasteiger partial charge is 0.375 e. The molecule has 0 atom stereocenters. The predicted octanol–water partition coefficient (Wildman–Crippen LogP) is 1.61. The van der Waals surface area contributed by atoms with Gasteiger partial charge in [-0.1, -0.05) is 30.3 Å². The molecule has 0 aromatic heterocycles. The van der Waals surface area contributed by atoms with E-state index in [-0.39, 0.29) is 24.8 Å². The molecule has 0 saturated heterocycles. The number of hydrogen-bond donors (Lipinski definition) is 2. The monoisotopic (exact) mass is 249 g/mol. The Balaban J connectivity index is 0. The molecule has 1 aliphatic heterocycles. The number of nitrogens with zero attached hydrogens (tertiary/aromatic N) is 1. The summed E-state index contributed by atoms with van der Waals surface area (Å²) >= 11 is 0. The first-order valence-electron chi connectivity index (χ1n) is 4.39. The van der Waals surface area contributed by atoms with E-state index >= 15 is 0 Å². The van der Waals surface area contributed by atoms with E-state index in [1.54, 1.807) is 6.34 Å². The quantitative estimate of drug-likeness (QED) is 0.795. The number of aliphatic imine (C=N–C) groups is 1. The van der Waals surface area contributed by atoms with Crippen LogP contribution in [0.25, 0.3) is 0 Å². The minimum Gasteiger partial charge on any atom is -0.375 e. The van der Waals surface area contributed by atoms with Gasteiger partial charge in [0.2, 0.25) is 0 Å². The standard InChI is InChI=1S/C7H9N.C3H6N2.2ClH/c8-6-7-4-2-1-3-5-7;1-2-5-3-4-1;;/h1-5H,6,8H2;3H,1-2H2,(H,4,5);2*1H. The van der Waals surface area contributed by atoms with Crippen molar-refractivity contribution in [2.24, 2.45) is 10.7 Å². The maximum absolute atomic E-state index is 5.35. The highest BCUT2D eigenvalue weighted by atomic mass is 35.5. The number of rotatable bonds is 1. The van der Waals surface area contributed by atoms with Crippen molar-refractivity contribution in [3.8, 4) is 0 Å². The number of hydrogen-bond acceptors (Lipinski definition) is 3. The van der Waals surface area contributed by atoms with Gasteiger partial charge < -0.3 is 11.1 Å². The van der Waals surface area contributed by atoms with Crippen LogP contribution < -0.4 is 11.1 Å². The topological polar surface area (TPSA) is 50.4 Å². The fourth-order valence-electron chi connectivity index (χ4n) is 0.937. The van der Waals surface area contributed by atoms with E-state index in [4.69, 9.17) is 5.73 Å². The molecule has 0 fully saturated rings. The van der Waals surface area contributed by atoms with Crippen molar-refractivity contribution in [2.75, 3.05) is 13.1 Å². The second-order valence-corrected chi connectivity index (χ2v) is 2.68. The third kappa shape index (κ3) is 8.24. The van der Waals surface area contributed by atoms with E-state index < -0.39 is 0 Å². The molecule has 0 spiro atoms. The van der Waals surface area contributed by atoms with E-state index in [0.29, 0.717) is 6.54 Å². The molecular weight excluding hydrogens is 233 g/mol. The van der Waals surface area contributed by atoms with Crippen LogP contribution in [0.5, 0.6) is 0 Å². The first-order valence-corrected chi connectivity index (χ1v) is 4.39. The lowest BCUT2D eigenvalue weighted by atomic mass is 10.2. The number of nitrogens with one attached hydrogen (secondary N) is 1. The molecule has 0 amide bonds. The lowest BCUT2D eigenvalue weighted by molar-refractivity contribution is 0.965. The summed E-state index contributed by atoms with van der Waals surface area (Å²) in [5.41, 5.74) is 6.54. The Morgan fingerprint density at radius 3 is 2.13 bits per heavy atom. The van der Waals surface area contributed by atoms with Gasteiger partial charge >= 0.3 is 0 Å². The molecule has 86 valence electrons.